The maximum absolute atomic E-state index is 11.0. The van der Waals surface area contributed by atoms with Crippen LogP contribution in [0.4, 0.5) is 0 Å². The molecule has 6 heteroatoms. The third-order valence-electron chi connectivity index (χ3n) is 3.54. The first-order valence-corrected chi connectivity index (χ1v) is 8.02. The molecule has 1 aromatic carbocycles. The Labute approximate surface area is 160 Å². The van der Waals surface area contributed by atoms with Gasteiger partial charge in [0.1, 0.15) is 0 Å². The summed E-state index contributed by atoms with van der Waals surface area (Å²) in [6.45, 7) is 0. The largest absolute Gasteiger partial charge is 0.478 e. The minimum atomic E-state index is -1.06. The Morgan fingerprint density at radius 2 is 1.07 bits per heavy atom. The topological polar surface area (TPSA) is 100 Å². The number of aromatic carboxylic acids is 2. The highest BCUT2D eigenvalue weighted by Crippen LogP contribution is 2.06. The Morgan fingerprint density at radius 1 is 0.643 bits per heavy atom. The van der Waals surface area contributed by atoms with Gasteiger partial charge in [-0.3, -0.25) is 9.97 Å². The van der Waals surface area contributed by atoms with E-state index in [-0.39, 0.29) is 11.1 Å². The predicted molar refractivity (Wildman–Crippen MR) is 101 cm³/mol. The van der Waals surface area contributed by atoms with Crippen LogP contribution in [-0.4, -0.2) is 32.1 Å². The summed E-state index contributed by atoms with van der Waals surface area (Å²) in [5.74, 6) is 9.53. The number of carboxylic acid groups (broad SMARTS) is 2. The van der Waals surface area contributed by atoms with Crippen molar-refractivity contribution in [1.82, 2.24) is 9.97 Å². The number of hydrogen-bond donors (Lipinski definition) is 2. The highest BCUT2D eigenvalue weighted by atomic mass is 16.4. The second-order valence-corrected chi connectivity index (χ2v) is 5.62. The minimum Gasteiger partial charge on any atom is -0.478 e. The Kier molecular flexibility index (Phi) is 5.45. The summed E-state index contributed by atoms with van der Waals surface area (Å²) in [5, 5.41) is 18.0. The summed E-state index contributed by atoms with van der Waals surface area (Å²) in [5.41, 5.74) is 2.53. The van der Waals surface area contributed by atoms with Crippen molar-refractivity contribution in [1.29, 1.82) is 0 Å². The number of nitrogens with zero attached hydrogens (tertiary/aromatic N) is 2. The highest BCUT2D eigenvalue weighted by molar-refractivity contribution is 5.88. The lowest BCUT2D eigenvalue weighted by Crippen LogP contribution is -1.97. The molecule has 0 fully saturated rings. The zero-order chi connectivity index (χ0) is 19.9. The van der Waals surface area contributed by atoms with Crippen LogP contribution in [0.5, 0.6) is 0 Å². The van der Waals surface area contributed by atoms with Crippen LogP contribution in [0.2, 0.25) is 0 Å². The first-order chi connectivity index (χ1) is 13.5. The van der Waals surface area contributed by atoms with Crippen LogP contribution < -0.4 is 0 Å². The van der Waals surface area contributed by atoms with Crippen molar-refractivity contribution in [3.63, 3.8) is 0 Å². The summed E-state index contributed by atoms with van der Waals surface area (Å²) in [4.78, 5) is 29.7. The predicted octanol–water partition coefficient (Wildman–Crippen LogP) is 2.67. The molecule has 0 radical (unpaired) electrons. The van der Waals surface area contributed by atoms with E-state index in [1.807, 2.05) is 0 Å². The molecule has 3 aromatic rings. The first-order valence-electron chi connectivity index (χ1n) is 8.02. The third-order valence-corrected chi connectivity index (χ3v) is 3.54. The van der Waals surface area contributed by atoms with E-state index in [9.17, 15) is 9.59 Å². The van der Waals surface area contributed by atoms with Crippen molar-refractivity contribution in [3.8, 4) is 23.7 Å². The smallest absolute Gasteiger partial charge is 0.337 e. The lowest BCUT2D eigenvalue weighted by atomic mass is 10.1. The molecule has 3 rings (SSSR count). The van der Waals surface area contributed by atoms with Gasteiger partial charge in [0.2, 0.25) is 0 Å². The summed E-state index contributed by atoms with van der Waals surface area (Å²) in [6, 6.07) is 10.1. The summed E-state index contributed by atoms with van der Waals surface area (Å²) in [6.07, 6.45) is 5.51. The molecular weight excluding hydrogens is 356 g/mol. The molecule has 2 aromatic heterocycles. The van der Waals surface area contributed by atoms with Crippen LogP contribution in [0, 0.1) is 23.7 Å². The average Bonchev–Trinajstić information content (AvgIpc) is 2.71. The van der Waals surface area contributed by atoms with E-state index in [1.54, 1.807) is 24.3 Å². The zero-order valence-corrected chi connectivity index (χ0v) is 14.4. The second kappa shape index (κ2) is 8.31. The van der Waals surface area contributed by atoms with Crippen LogP contribution in [-0.2, 0) is 0 Å². The maximum atomic E-state index is 11.0. The fraction of sp³-hybridized carbons (Fsp3) is 0. The van der Waals surface area contributed by atoms with E-state index in [1.165, 1.54) is 36.9 Å². The van der Waals surface area contributed by atoms with Gasteiger partial charge in [0.15, 0.2) is 0 Å². The van der Waals surface area contributed by atoms with Gasteiger partial charge in [0, 0.05) is 47.0 Å². The van der Waals surface area contributed by atoms with E-state index < -0.39 is 11.9 Å². The normalized spacial score (nSPS) is 9.43. The number of carbonyl (C=O) groups is 2. The molecule has 0 saturated carbocycles. The molecule has 0 aliphatic heterocycles. The zero-order valence-electron chi connectivity index (χ0n) is 14.4. The standard InChI is InChI=1S/C22H12N2O4/c25-21(26)19-9-17(11-23-13-19)6-4-15-2-1-3-16(8-15)5-7-18-10-20(22(27)28)14-24-12-18/h1-3,8-14H,(H,25,26)(H,27,28). The van der Waals surface area contributed by atoms with E-state index >= 15 is 0 Å². The van der Waals surface area contributed by atoms with Crippen molar-refractivity contribution in [3.05, 3.63) is 94.6 Å². The van der Waals surface area contributed by atoms with Gasteiger partial charge in [-0.15, -0.1) is 0 Å². The number of hydrogen-bond acceptors (Lipinski definition) is 4. The minimum absolute atomic E-state index is 0.0728. The molecule has 0 spiro atoms. The lowest BCUT2D eigenvalue weighted by molar-refractivity contribution is 0.0685. The van der Waals surface area contributed by atoms with E-state index in [0.717, 1.165) is 0 Å². The Morgan fingerprint density at radius 3 is 1.50 bits per heavy atom. The van der Waals surface area contributed by atoms with E-state index in [0.29, 0.717) is 22.3 Å². The molecule has 0 aliphatic carbocycles. The van der Waals surface area contributed by atoms with Crippen LogP contribution >= 0.6 is 0 Å². The Hall–Kier alpha value is -4.42. The number of aromatic nitrogens is 2. The molecule has 0 aliphatic rings. The SMILES string of the molecule is O=C(O)c1cncc(C#Cc2cccc(C#Cc3cncc(C(=O)O)c3)c2)c1. The van der Waals surface area contributed by atoms with E-state index in [2.05, 4.69) is 33.6 Å². The molecule has 134 valence electrons. The Balaban J connectivity index is 1.83. The summed E-state index contributed by atoms with van der Waals surface area (Å²) in [7, 11) is 0. The number of rotatable bonds is 2. The molecule has 0 unspecified atom stereocenters. The van der Waals surface area contributed by atoms with Crippen LogP contribution in [0.15, 0.2) is 61.2 Å². The van der Waals surface area contributed by atoms with Crippen molar-refractivity contribution in [2.75, 3.05) is 0 Å². The fourth-order valence-corrected chi connectivity index (χ4v) is 2.21. The van der Waals surface area contributed by atoms with Crippen molar-refractivity contribution in [2.24, 2.45) is 0 Å². The molecule has 0 atom stereocenters. The van der Waals surface area contributed by atoms with Gasteiger partial charge < -0.3 is 10.2 Å². The second-order valence-electron chi connectivity index (χ2n) is 5.62. The number of pyridine rings is 2. The van der Waals surface area contributed by atoms with Crippen LogP contribution in [0.25, 0.3) is 0 Å². The highest BCUT2D eigenvalue weighted by Gasteiger charge is 2.03. The molecule has 28 heavy (non-hydrogen) atoms. The van der Waals surface area contributed by atoms with Gasteiger partial charge in [-0.1, -0.05) is 29.7 Å². The Bertz CT molecular complexity index is 1100. The maximum Gasteiger partial charge on any atom is 0.337 e. The van der Waals surface area contributed by atoms with Crippen molar-refractivity contribution >= 4 is 11.9 Å². The van der Waals surface area contributed by atoms with Gasteiger partial charge in [-0.05, 0) is 30.3 Å². The summed E-state index contributed by atoms with van der Waals surface area (Å²) >= 11 is 0. The molecule has 2 heterocycles. The fourth-order valence-electron chi connectivity index (χ4n) is 2.21. The molecule has 0 bridgehead atoms. The molecule has 2 N–H and O–H groups in total. The van der Waals surface area contributed by atoms with Gasteiger partial charge in [0.25, 0.3) is 0 Å². The lowest BCUT2D eigenvalue weighted by Gasteiger charge is -1.95. The average molecular weight is 368 g/mol. The quantitative estimate of drug-likeness (QED) is 0.675. The van der Waals surface area contributed by atoms with Gasteiger partial charge in [0.05, 0.1) is 11.1 Å². The van der Waals surface area contributed by atoms with Gasteiger partial charge in [-0.2, -0.15) is 0 Å². The molecule has 6 nitrogen and oxygen atoms in total. The van der Waals surface area contributed by atoms with Gasteiger partial charge in [-0.25, -0.2) is 9.59 Å². The monoisotopic (exact) mass is 368 g/mol. The molecule has 0 saturated heterocycles. The number of benzene rings is 1. The molecule has 0 amide bonds. The van der Waals surface area contributed by atoms with E-state index in [4.69, 9.17) is 10.2 Å². The first kappa shape index (κ1) is 18.4. The van der Waals surface area contributed by atoms with Gasteiger partial charge >= 0.3 is 11.9 Å². The van der Waals surface area contributed by atoms with Crippen molar-refractivity contribution < 1.29 is 19.8 Å². The third kappa shape index (κ3) is 4.81. The van der Waals surface area contributed by atoms with Crippen LogP contribution in [0.1, 0.15) is 43.0 Å². The number of carboxylic acids is 2. The van der Waals surface area contributed by atoms with Crippen LogP contribution in [0.3, 0.4) is 0 Å². The molecular formula is C22H12N2O4. The van der Waals surface area contributed by atoms with Crippen molar-refractivity contribution in [2.45, 2.75) is 0 Å². The summed E-state index contributed by atoms with van der Waals surface area (Å²) < 4.78 is 0.